The lowest BCUT2D eigenvalue weighted by atomic mass is 9.75. The molecule has 8 nitrogen and oxygen atoms in total. The number of nitrogens with zero attached hydrogens (tertiary/aromatic N) is 4. The molecule has 186 valence electrons. The summed E-state index contributed by atoms with van der Waals surface area (Å²) in [6, 6.07) is 11.6. The summed E-state index contributed by atoms with van der Waals surface area (Å²) in [7, 11) is 0. The van der Waals surface area contributed by atoms with Gasteiger partial charge >= 0.3 is 11.9 Å². The van der Waals surface area contributed by atoms with Crippen LogP contribution in [-0.4, -0.2) is 26.9 Å². The van der Waals surface area contributed by atoms with E-state index in [0.717, 1.165) is 41.6 Å². The van der Waals surface area contributed by atoms with Crippen LogP contribution in [0.15, 0.2) is 36.5 Å². The van der Waals surface area contributed by atoms with E-state index in [-0.39, 0.29) is 30.4 Å². The van der Waals surface area contributed by atoms with Crippen LogP contribution in [0.5, 0.6) is 5.75 Å². The Kier molecular flexibility index (Phi) is 7.49. The van der Waals surface area contributed by atoms with Crippen LogP contribution >= 0.6 is 0 Å². The Hall–Kier alpha value is -3.99. The average molecular weight is 487 g/mol. The summed E-state index contributed by atoms with van der Waals surface area (Å²) >= 11 is 0. The molecule has 2 aromatic carbocycles. The molecule has 36 heavy (non-hydrogen) atoms. The van der Waals surface area contributed by atoms with Crippen LogP contribution in [-0.2, 0) is 40.2 Å². The molecule has 0 spiro atoms. The number of hydrogen-bond acceptors (Lipinski definition) is 7. The molecule has 1 aliphatic rings. The first kappa shape index (κ1) is 25.1. The van der Waals surface area contributed by atoms with Gasteiger partial charge in [-0.25, -0.2) is 4.68 Å². The van der Waals surface area contributed by atoms with E-state index in [4.69, 9.17) is 14.7 Å². The molecule has 0 amide bonds. The molecule has 4 rings (SSSR count). The summed E-state index contributed by atoms with van der Waals surface area (Å²) in [6.07, 6.45) is 4.61. The second-order valence-corrected chi connectivity index (χ2v) is 9.42. The van der Waals surface area contributed by atoms with E-state index in [9.17, 15) is 9.59 Å². The first-order chi connectivity index (χ1) is 17.3. The van der Waals surface area contributed by atoms with E-state index in [1.54, 1.807) is 10.9 Å². The standard InChI is InChI=1S/C28H30N4O4/c1-17-13-27(36-20(4)33)19(3)26-14-22(7-10-25(17)26)18(2)28(34)35-16-23-15-32(31-30-23)24-8-5-21(6-9-24)11-12-29/h5-6,8-9,13,15,18,22H,7,10-11,14,16H2,1-4H3. The number of aryl methyl sites for hydroxylation is 1. The number of hydrogen-bond donors (Lipinski definition) is 0. The third kappa shape index (κ3) is 5.46. The summed E-state index contributed by atoms with van der Waals surface area (Å²) in [5.41, 5.74) is 6.85. The van der Waals surface area contributed by atoms with Crippen molar-refractivity contribution in [2.75, 3.05) is 0 Å². The van der Waals surface area contributed by atoms with Crippen molar-refractivity contribution in [2.45, 2.75) is 60.0 Å². The number of benzene rings is 2. The first-order valence-electron chi connectivity index (χ1n) is 12.1. The van der Waals surface area contributed by atoms with E-state index >= 15 is 0 Å². The van der Waals surface area contributed by atoms with Crippen molar-refractivity contribution in [2.24, 2.45) is 11.8 Å². The van der Waals surface area contributed by atoms with Crippen molar-refractivity contribution >= 4 is 11.9 Å². The van der Waals surface area contributed by atoms with Gasteiger partial charge in [0.05, 0.1) is 30.3 Å². The third-order valence-corrected chi connectivity index (χ3v) is 6.96. The van der Waals surface area contributed by atoms with Gasteiger partial charge in [-0.2, -0.15) is 5.26 Å². The molecule has 1 aliphatic carbocycles. The Morgan fingerprint density at radius 3 is 2.67 bits per heavy atom. The molecule has 0 fully saturated rings. The maximum Gasteiger partial charge on any atom is 0.309 e. The Morgan fingerprint density at radius 1 is 1.22 bits per heavy atom. The van der Waals surface area contributed by atoms with Crippen molar-refractivity contribution in [3.05, 3.63) is 70.0 Å². The SMILES string of the molecule is CC(=O)Oc1cc(C)c2c(c1C)CC(C(C)C(=O)OCc1cn(-c3ccc(CC#N)cc3)nn1)CC2. The van der Waals surface area contributed by atoms with Crippen molar-refractivity contribution in [1.29, 1.82) is 5.26 Å². The lowest BCUT2D eigenvalue weighted by molar-refractivity contribution is -0.151. The van der Waals surface area contributed by atoms with Gasteiger partial charge in [0.2, 0.25) is 0 Å². The molecular formula is C28H30N4O4. The number of rotatable bonds is 7. The molecule has 0 aliphatic heterocycles. The number of fused-ring (bicyclic) bond motifs is 1. The molecule has 0 bridgehead atoms. The predicted octanol–water partition coefficient (Wildman–Crippen LogP) is 4.36. The van der Waals surface area contributed by atoms with Crippen LogP contribution in [0.3, 0.4) is 0 Å². The smallest absolute Gasteiger partial charge is 0.309 e. The fraction of sp³-hybridized carbons (Fsp3) is 0.393. The highest BCUT2D eigenvalue weighted by molar-refractivity contribution is 5.73. The van der Waals surface area contributed by atoms with Gasteiger partial charge in [0.1, 0.15) is 18.1 Å². The van der Waals surface area contributed by atoms with Gasteiger partial charge in [-0.05, 0) is 85.0 Å². The van der Waals surface area contributed by atoms with Crippen molar-refractivity contribution in [1.82, 2.24) is 15.0 Å². The van der Waals surface area contributed by atoms with Crippen LogP contribution < -0.4 is 4.74 Å². The fourth-order valence-corrected chi connectivity index (χ4v) is 4.83. The summed E-state index contributed by atoms with van der Waals surface area (Å²) < 4.78 is 12.6. The second kappa shape index (κ2) is 10.7. The van der Waals surface area contributed by atoms with Gasteiger partial charge in [0, 0.05) is 6.92 Å². The second-order valence-electron chi connectivity index (χ2n) is 9.42. The van der Waals surface area contributed by atoms with Gasteiger partial charge in [-0.3, -0.25) is 9.59 Å². The van der Waals surface area contributed by atoms with Gasteiger partial charge in [0.25, 0.3) is 0 Å². The Balaban J connectivity index is 1.38. The highest BCUT2D eigenvalue weighted by atomic mass is 16.5. The van der Waals surface area contributed by atoms with E-state index in [2.05, 4.69) is 16.4 Å². The monoisotopic (exact) mass is 486 g/mol. The summed E-state index contributed by atoms with van der Waals surface area (Å²) in [4.78, 5) is 24.4. The highest BCUT2D eigenvalue weighted by Gasteiger charge is 2.31. The van der Waals surface area contributed by atoms with Gasteiger partial charge in [-0.1, -0.05) is 24.3 Å². The molecule has 2 atom stereocenters. The normalized spacial score (nSPS) is 15.5. The van der Waals surface area contributed by atoms with E-state index in [1.807, 2.05) is 51.1 Å². The minimum atomic E-state index is -0.338. The molecular weight excluding hydrogens is 456 g/mol. The molecule has 3 aromatic rings. The maximum atomic E-state index is 12.9. The third-order valence-electron chi connectivity index (χ3n) is 6.96. The Morgan fingerprint density at radius 2 is 1.97 bits per heavy atom. The van der Waals surface area contributed by atoms with Crippen LogP contribution in [0.2, 0.25) is 0 Å². The maximum absolute atomic E-state index is 12.9. The minimum absolute atomic E-state index is 0.0493. The number of esters is 2. The molecule has 0 saturated heterocycles. The van der Waals surface area contributed by atoms with Crippen molar-refractivity contribution in [3.8, 4) is 17.5 Å². The van der Waals surface area contributed by atoms with Gasteiger partial charge in [-0.15, -0.1) is 5.10 Å². The minimum Gasteiger partial charge on any atom is -0.459 e. The van der Waals surface area contributed by atoms with Gasteiger partial charge in [0.15, 0.2) is 0 Å². The zero-order valence-electron chi connectivity index (χ0n) is 21.1. The Bertz CT molecular complexity index is 1320. The van der Waals surface area contributed by atoms with Crippen LogP contribution in [0.4, 0.5) is 0 Å². The molecule has 0 radical (unpaired) electrons. The summed E-state index contributed by atoms with van der Waals surface area (Å²) in [5.74, 6) is -0.146. The topological polar surface area (TPSA) is 107 Å². The number of nitriles is 1. The van der Waals surface area contributed by atoms with Crippen molar-refractivity contribution in [3.63, 3.8) is 0 Å². The molecule has 8 heteroatoms. The molecule has 1 heterocycles. The van der Waals surface area contributed by atoms with E-state index in [1.165, 1.54) is 18.1 Å². The predicted molar refractivity (Wildman–Crippen MR) is 132 cm³/mol. The van der Waals surface area contributed by atoms with Crippen LogP contribution in [0.25, 0.3) is 5.69 Å². The van der Waals surface area contributed by atoms with E-state index in [0.29, 0.717) is 17.9 Å². The number of ether oxygens (including phenoxy) is 2. The largest absolute Gasteiger partial charge is 0.459 e. The lowest BCUT2D eigenvalue weighted by Crippen LogP contribution is -2.29. The number of aromatic nitrogens is 3. The van der Waals surface area contributed by atoms with Crippen molar-refractivity contribution < 1.29 is 19.1 Å². The molecule has 1 aromatic heterocycles. The highest BCUT2D eigenvalue weighted by Crippen LogP contribution is 2.38. The van der Waals surface area contributed by atoms with Crippen LogP contribution in [0, 0.1) is 37.0 Å². The number of carbonyl (C=O) groups excluding carboxylic acids is 2. The summed E-state index contributed by atoms with van der Waals surface area (Å²) in [5, 5.41) is 17.0. The molecule has 0 N–H and O–H groups in total. The Labute approximate surface area is 210 Å². The quantitative estimate of drug-likeness (QED) is 0.361. The fourth-order valence-electron chi connectivity index (χ4n) is 4.83. The zero-order valence-corrected chi connectivity index (χ0v) is 21.1. The number of carbonyl (C=O) groups is 2. The molecule has 2 unspecified atom stereocenters. The van der Waals surface area contributed by atoms with Gasteiger partial charge < -0.3 is 9.47 Å². The van der Waals surface area contributed by atoms with E-state index < -0.39 is 0 Å². The first-order valence-corrected chi connectivity index (χ1v) is 12.1. The average Bonchev–Trinajstić information content (AvgIpc) is 3.34. The van der Waals surface area contributed by atoms with Crippen LogP contribution in [0.1, 0.15) is 53.8 Å². The zero-order chi connectivity index (χ0) is 25.8. The molecule has 0 saturated carbocycles. The lowest BCUT2D eigenvalue weighted by Gasteiger charge is -2.31. The summed E-state index contributed by atoms with van der Waals surface area (Å²) in [6.45, 7) is 7.38.